The number of rotatable bonds is 4. The lowest BCUT2D eigenvalue weighted by Crippen LogP contribution is -2.56. The quantitative estimate of drug-likeness (QED) is 0.385. The van der Waals surface area contributed by atoms with Crippen LogP contribution in [0.25, 0.3) is 0 Å². The SMILES string of the molecule is Cc1ccc(S(=O)(=O)N2N=Cc3ccc(C(=O)NN(C(=O)c4cc(C)cc(C)c4)C(C)(C)C)cc3B2O)cc1. The number of nitrogens with one attached hydrogen (secondary N) is 1. The first-order chi connectivity index (χ1) is 18.2. The Hall–Kier alpha value is -3.96. The highest BCUT2D eigenvalue weighted by Crippen LogP contribution is 2.21. The van der Waals surface area contributed by atoms with Gasteiger partial charge in [0.05, 0.1) is 16.6 Å². The van der Waals surface area contributed by atoms with Gasteiger partial charge in [-0.1, -0.05) is 41.0 Å². The summed E-state index contributed by atoms with van der Waals surface area (Å²) in [4.78, 5) is 26.8. The topological polar surface area (TPSA) is 119 Å². The third kappa shape index (κ3) is 5.74. The number of amides is 2. The molecule has 9 nitrogen and oxygen atoms in total. The Morgan fingerprint density at radius 2 is 1.51 bits per heavy atom. The molecule has 0 radical (unpaired) electrons. The Bertz CT molecular complexity index is 1560. The van der Waals surface area contributed by atoms with Crippen LogP contribution in [0.15, 0.2) is 70.7 Å². The van der Waals surface area contributed by atoms with Gasteiger partial charge < -0.3 is 5.02 Å². The molecule has 4 rings (SSSR count). The second-order valence-electron chi connectivity index (χ2n) is 10.7. The molecule has 202 valence electrons. The Labute approximate surface area is 229 Å². The molecule has 11 heteroatoms. The molecule has 2 amide bonds. The van der Waals surface area contributed by atoms with Crippen LogP contribution in [0.4, 0.5) is 0 Å². The molecule has 0 aromatic heterocycles. The molecule has 3 aromatic carbocycles. The summed E-state index contributed by atoms with van der Waals surface area (Å²) in [5.74, 6) is -0.962. The van der Waals surface area contributed by atoms with Crippen molar-refractivity contribution >= 4 is 40.6 Å². The third-order valence-electron chi connectivity index (χ3n) is 6.27. The lowest BCUT2D eigenvalue weighted by Gasteiger charge is -2.35. The van der Waals surface area contributed by atoms with Crippen molar-refractivity contribution in [3.8, 4) is 0 Å². The van der Waals surface area contributed by atoms with E-state index < -0.39 is 28.5 Å². The number of fused-ring (bicyclic) bond motifs is 1. The zero-order valence-corrected chi connectivity index (χ0v) is 23.6. The average molecular weight is 546 g/mol. The molecule has 3 aromatic rings. The Morgan fingerprint density at radius 1 is 0.897 bits per heavy atom. The van der Waals surface area contributed by atoms with Gasteiger partial charge in [-0.3, -0.25) is 15.0 Å². The minimum atomic E-state index is -4.16. The van der Waals surface area contributed by atoms with Crippen LogP contribution in [0.3, 0.4) is 0 Å². The molecule has 0 saturated carbocycles. The average Bonchev–Trinajstić information content (AvgIpc) is 2.85. The van der Waals surface area contributed by atoms with Crippen molar-refractivity contribution in [2.24, 2.45) is 5.10 Å². The number of hydrogen-bond donors (Lipinski definition) is 2. The Kier molecular flexibility index (Phi) is 7.42. The van der Waals surface area contributed by atoms with Gasteiger partial charge in [-0.15, -0.1) is 0 Å². The standard InChI is InChI=1S/C28H31BN4O5S/c1-18-7-11-24(12-8-18)39(37,38)33-29(36)25-16-21(9-10-22(25)17-30-33)26(34)31-32(28(4,5)6)27(35)23-14-19(2)13-20(3)15-23/h7-17,36H,1-6H3,(H,31,34). The largest absolute Gasteiger partial charge is 0.484 e. The van der Waals surface area contributed by atoms with E-state index in [0.29, 0.717) is 15.5 Å². The maximum Gasteiger partial charge on any atom is 0.484 e. The van der Waals surface area contributed by atoms with Crippen molar-refractivity contribution in [1.82, 2.24) is 14.8 Å². The molecule has 39 heavy (non-hydrogen) atoms. The van der Waals surface area contributed by atoms with Crippen LogP contribution in [-0.4, -0.2) is 53.4 Å². The van der Waals surface area contributed by atoms with Crippen molar-refractivity contribution in [3.05, 3.63) is 94.0 Å². The number of benzene rings is 3. The number of carbonyl (C=O) groups excluding carboxylic acids is 2. The number of aryl methyl sites for hydroxylation is 3. The highest BCUT2D eigenvalue weighted by atomic mass is 32.2. The molecule has 2 N–H and O–H groups in total. The lowest BCUT2D eigenvalue weighted by atomic mass is 9.71. The number of hydrazine groups is 1. The summed E-state index contributed by atoms with van der Waals surface area (Å²) in [5.41, 5.74) is 5.92. The number of hydrazone groups is 1. The zero-order chi connectivity index (χ0) is 28.7. The first-order valence-corrected chi connectivity index (χ1v) is 13.8. The van der Waals surface area contributed by atoms with Crippen LogP contribution in [0.5, 0.6) is 0 Å². The van der Waals surface area contributed by atoms with Gasteiger partial charge >= 0.3 is 7.05 Å². The van der Waals surface area contributed by atoms with Gasteiger partial charge in [-0.2, -0.15) is 9.43 Å². The summed E-state index contributed by atoms with van der Waals surface area (Å²) >= 11 is 0. The van der Waals surface area contributed by atoms with Crippen LogP contribution < -0.4 is 10.9 Å². The summed E-state index contributed by atoms with van der Waals surface area (Å²) in [6.45, 7) is 11.0. The van der Waals surface area contributed by atoms with E-state index >= 15 is 0 Å². The zero-order valence-electron chi connectivity index (χ0n) is 22.8. The Morgan fingerprint density at radius 3 is 2.10 bits per heavy atom. The molecule has 0 saturated heterocycles. The van der Waals surface area contributed by atoms with E-state index in [1.54, 1.807) is 51.1 Å². The monoisotopic (exact) mass is 546 g/mol. The highest BCUT2D eigenvalue weighted by Gasteiger charge is 2.39. The van der Waals surface area contributed by atoms with E-state index in [2.05, 4.69) is 10.5 Å². The van der Waals surface area contributed by atoms with E-state index in [9.17, 15) is 23.0 Å². The van der Waals surface area contributed by atoms with Crippen LogP contribution in [0, 0.1) is 20.8 Å². The van der Waals surface area contributed by atoms with Crippen molar-refractivity contribution in [2.75, 3.05) is 0 Å². The molecule has 1 aliphatic heterocycles. The minimum absolute atomic E-state index is 0.0210. The maximum absolute atomic E-state index is 13.4. The number of hydrogen-bond acceptors (Lipinski definition) is 6. The number of nitrogens with zero attached hydrogens (tertiary/aromatic N) is 3. The summed E-state index contributed by atoms with van der Waals surface area (Å²) < 4.78 is 27.0. The molecule has 0 aliphatic carbocycles. The van der Waals surface area contributed by atoms with Gasteiger partial charge in [-0.25, -0.2) is 13.4 Å². The van der Waals surface area contributed by atoms with E-state index in [-0.39, 0.29) is 21.8 Å². The normalized spacial score (nSPS) is 13.2. The van der Waals surface area contributed by atoms with E-state index in [4.69, 9.17) is 0 Å². The van der Waals surface area contributed by atoms with Gasteiger partial charge in [0.2, 0.25) is 0 Å². The molecular weight excluding hydrogens is 515 g/mol. The van der Waals surface area contributed by atoms with Crippen molar-refractivity contribution in [2.45, 2.75) is 52.0 Å². The summed E-state index contributed by atoms with van der Waals surface area (Å²) in [6, 6.07) is 16.2. The van der Waals surface area contributed by atoms with E-state index in [1.807, 2.05) is 26.8 Å². The molecule has 0 fully saturated rings. The second kappa shape index (κ2) is 10.3. The first-order valence-electron chi connectivity index (χ1n) is 12.4. The smallest absolute Gasteiger partial charge is 0.427 e. The van der Waals surface area contributed by atoms with Crippen molar-refractivity contribution in [1.29, 1.82) is 0 Å². The van der Waals surface area contributed by atoms with Crippen molar-refractivity contribution in [3.63, 3.8) is 0 Å². The summed E-state index contributed by atoms with van der Waals surface area (Å²) in [5, 5.41) is 16.3. The molecule has 0 spiro atoms. The fraction of sp³-hybridized carbons (Fsp3) is 0.250. The predicted octanol–water partition coefficient (Wildman–Crippen LogP) is 2.92. The predicted molar refractivity (Wildman–Crippen MR) is 151 cm³/mol. The van der Waals surface area contributed by atoms with Crippen LogP contribution in [0.1, 0.15) is 63.7 Å². The second-order valence-corrected chi connectivity index (χ2v) is 12.5. The fourth-order valence-corrected chi connectivity index (χ4v) is 5.53. The molecule has 0 atom stereocenters. The molecule has 0 bridgehead atoms. The van der Waals surface area contributed by atoms with Gasteiger partial charge in [0.1, 0.15) is 0 Å². The van der Waals surface area contributed by atoms with Crippen LogP contribution >= 0.6 is 0 Å². The first kappa shape index (κ1) is 28.1. The van der Waals surface area contributed by atoms with Gasteiger partial charge in [0, 0.05) is 11.1 Å². The molecule has 1 aliphatic rings. The lowest BCUT2D eigenvalue weighted by molar-refractivity contribution is 0.0358. The number of carbonyl (C=O) groups is 2. The fourth-order valence-electron chi connectivity index (χ4n) is 4.29. The van der Waals surface area contributed by atoms with E-state index in [1.165, 1.54) is 35.5 Å². The maximum atomic E-state index is 13.4. The number of sulfonamides is 1. The van der Waals surface area contributed by atoms with Gasteiger partial charge in [-0.05, 0) is 89.0 Å². The van der Waals surface area contributed by atoms with Crippen LogP contribution in [0.2, 0.25) is 0 Å². The Balaban J connectivity index is 1.62. The molecule has 1 heterocycles. The minimum Gasteiger partial charge on any atom is -0.427 e. The summed E-state index contributed by atoms with van der Waals surface area (Å²) in [6.07, 6.45) is 1.32. The summed E-state index contributed by atoms with van der Waals surface area (Å²) in [7, 11) is -5.81. The van der Waals surface area contributed by atoms with Crippen LogP contribution in [-0.2, 0) is 10.0 Å². The highest BCUT2D eigenvalue weighted by molar-refractivity contribution is 7.90. The van der Waals surface area contributed by atoms with Crippen molar-refractivity contribution < 1.29 is 23.0 Å². The van der Waals surface area contributed by atoms with E-state index in [0.717, 1.165) is 16.7 Å². The molecule has 0 unspecified atom stereocenters. The van der Waals surface area contributed by atoms with Gasteiger partial charge in [0.15, 0.2) is 0 Å². The third-order valence-corrected chi connectivity index (χ3v) is 7.92. The van der Waals surface area contributed by atoms with Gasteiger partial charge in [0.25, 0.3) is 21.8 Å². The molecular formula is C28H31BN4O5S.